The Bertz CT molecular complexity index is 600. The lowest BCUT2D eigenvalue weighted by Gasteiger charge is -2.19. The molecule has 1 aromatic carbocycles. The van der Waals surface area contributed by atoms with Crippen LogP contribution in [0.4, 0.5) is 11.4 Å². The van der Waals surface area contributed by atoms with Crippen molar-refractivity contribution in [2.45, 2.75) is 19.3 Å². The van der Waals surface area contributed by atoms with E-state index in [1.165, 1.54) is 0 Å². The van der Waals surface area contributed by atoms with E-state index in [1.807, 2.05) is 0 Å². The molecule has 0 aromatic heterocycles. The van der Waals surface area contributed by atoms with Gasteiger partial charge in [0.2, 0.25) is 5.91 Å². The van der Waals surface area contributed by atoms with Crippen molar-refractivity contribution in [3.05, 3.63) is 17.2 Å². The molecule has 1 saturated heterocycles. The van der Waals surface area contributed by atoms with Crippen molar-refractivity contribution in [3.63, 3.8) is 0 Å². The molecule has 1 atom stereocenters. The summed E-state index contributed by atoms with van der Waals surface area (Å²) in [6, 6.07) is 3.23. The van der Waals surface area contributed by atoms with Crippen LogP contribution in [0.15, 0.2) is 12.1 Å². The van der Waals surface area contributed by atoms with E-state index in [0.717, 1.165) is 25.9 Å². The van der Waals surface area contributed by atoms with Gasteiger partial charge in [-0.1, -0.05) is 11.6 Å². The van der Waals surface area contributed by atoms with Gasteiger partial charge in [-0.25, -0.2) is 0 Å². The van der Waals surface area contributed by atoms with Crippen LogP contribution in [0.2, 0.25) is 5.02 Å². The number of fused-ring (bicyclic) bond motifs is 1. The Hall–Kier alpha value is -1.79. The third kappa shape index (κ3) is 3.51. The average Bonchev–Trinajstić information content (AvgIpc) is 2.99. The van der Waals surface area contributed by atoms with Crippen molar-refractivity contribution >= 4 is 34.8 Å². The third-order valence-corrected chi connectivity index (χ3v) is 4.23. The molecule has 0 aliphatic carbocycles. The number of carbonyl (C=O) groups is 2. The number of nitrogens with one attached hydrogen (secondary N) is 3. The monoisotopic (exact) mass is 323 g/mol. The SMILES string of the molecule is O=C(CCC1CCNC1)Nc1cc2c(cc1Cl)NC(=O)CO2. The molecular weight excluding hydrogens is 306 g/mol. The Morgan fingerprint density at radius 1 is 1.45 bits per heavy atom. The van der Waals surface area contributed by atoms with Crippen molar-refractivity contribution in [3.8, 4) is 5.75 Å². The van der Waals surface area contributed by atoms with Crippen LogP contribution in [0.3, 0.4) is 0 Å². The molecule has 6 nitrogen and oxygen atoms in total. The minimum atomic E-state index is -0.217. The third-order valence-electron chi connectivity index (χ3n) is 3.92. The largest absolute Gasteiger partial charge is 0.482 e. The second-order valence-corrected chi connectivity index (χ2v) is 6.02. The summed E-state index contributed by atoms with van der Waals surface area (Å²) >= 11 is 6.15. The van der Waals surface area contributed by atoms with Crippen LogP contribution in [0.25, 0.3) is 0 Å². The van der Waals surface area contributed by atoms with Gasteiger partial charge >= 0.3 is 0 Å². The highest BCUT2D eigenvalue weighted by molar-refractivity contribution is 6.34. The highest BCUT2D eigenvalue weighted by atomic mass is 35.5. The highest BCUT2D eigenvalue weighted by Gasteiger charge is 2.20. The Morgan fingerprint density at radius 2 is 2.32 bits per heavy atom. The van der Waals surface area contributed by atoms with Gasteiger partial charge in [0.25, 0.3) is 5.91 Å². The fourth-order valence-corrected chi connectivity index (χ4v) is 2.92. The van der Waals surface area contributed by atoms with Crippen molar-refractivity contribution in [2.24, 2.45) is 5.92 Å². The van der Waals surface area contributed by atoms with E-state index >= 15 is 0 Å². The van der Waals surface area contributed by atoms with Crippen molar-refractivity contribution in [1.82, 2.24) is 5.32 Å². The van der Waals surface area contributed by atoms with Gasteiger partial charge in [0.1, 0.15) is 5.75 Å². The van der Waals surface area contributed by atoms with Crippen molar-refractivity contribution < 1.29 is 14.3 Å². The fraction of sp³-hybridized carbons (Fsp3) is 0.467. The minimum absolute atomic E-state index is 0.0311. The summed E-state index contributed by atoms with van der Waals surface area (Å²) in [6.45, 7) is 1.99. The first-order valence-electron chi connectivity index (χ1n) is 7.38. The Kier molecular flexibility index (Phi) is 4.49. The molecule has 118 valence electrons. The molecule has 2 aliphatic rings. The molecule has 1 aromatic rings. The van der Waals surface area contributed by atoms with Crippen LogP contribution in [0, 0.1) is 5.92 Å². The van der Waals surface area contributed by atoms with Crippen LogP contribution < -0.4 is 20.7 Å². The summed E-state index contributed by atoms with van der Waals surface area (Å²) in [4.78, 5) is 23.3. The summed E-state index contributed by atoms with van der Waals surface area (Å²) in [5.41, 5.74) is 1.03. The Labute approximate surface area is 133 Å². The molecule has 7 heteroatoms. The van der Waals surface area contributed by atoms with Gasteiger partial charge in [-0.3, -0.25) is 9.59 Å². The van der Waals surface area contributed by atoms with Crippen LogP contribution in [-0.4, -0.2) is 31.5 Å². The number of carbonyl (C=O) groups excluding carboxylic acids is 2. The van der Waals surface area contributed by atoms with E-state index in [9.17, 15) is 9.59 Å². The number of ether oxygens (including phenoxy) is 1. The van der Waals surface area contributed by atoms with Crippen molar-refractivity contribution in [1.29, 1.82) is 0 Å². The molecule has 0 spiro atoms. The van der Waals surface area contributed by atoms with E-state index in [4.69, 9.17) is 16.3 Å². The molecule has 3 N–H and O–H groups in total. The second kappa shape index (κ2) is 6.54. The van der Waals surface area contributed by atoms with Gasteiger partial charge in [0, 0.05) is 12.5 Å². The molecule has 0 saturated carbocycles. The van der Waals surface area contributed by atoms with E-state index in [0.29, 0.717) is 34.5 Å². The van der Waals surface area contributed by atoms with E-state index in [2.05, 4.69) is 16.0 Å². The molecule has 2 amide bonds. The van der Waals surface area contributed by atoms with Gasteiger partial charge < -0.3 is 20.7 Å². The zero-order chi connectivity index (χ0) is 15.5. The molecule has 1 fully saturated rings. The zero-order valence-electron chi connectivity index (χ0n) is 12.1. The number of anilines is 2. The highest BCUT2D eigenvalue weighted by Crippen LogP contribution is 2.36. The number of benzene rings is 1. The molecule has 0 radical (unpaired) electrons. The summed E-state index contributed by atoms with van der Waals surface area (Å²) < 4.78 is 5.32. The molecule has 3 rings (SSSR count). The maximum Gasteiger partial charge on any atom is 0.262 e. The Balaban J connectivity index is 1.62. The topological polar surface area (TPSA) is 79.5 Å². The summed E-state index contributed by atoms with van der Waals surface area (Å²) in [5, 5.41) is 9.15. The fourth-order valence-electron chi connectivity index (χ4n) is 2.70. The smallest absolute Gasteiger partial charge is 0.262 e. The standard InChI is InChI=1S/C15H18ClN3O3/c16-10-5-12-13(22-8-15(21)19-12)6-11(10)18-14(20)2-1-9-3-4-17-7-9/h5-6,9,17H,1-4,7-8H2,(H,18,20)(H,19,21). The number of rotatable bonds is 4. The van der Waals surface area contributed by atoms with Gasteiger partial charge in [0.15, 0.2) is 6.61 Å². The number of halogens is 1. The van der Waals surface area contributed by atoms with E-state index in [-0.39, 0.29) is 18.4 Å². The number of hydrogen-bond acceptors (Lipinski definition) is 4. The maximum absolute atomic E-state index is 12.0. The zero-order valence-corrected chi connectivity index (χ0v) is 12.8. The van der Waals surface area contributed by atoms with Crippen molar-refractivity contribution in [2.75, 3.05) is 30.3 Å². The lowest BCUT2D eigenvalue weighted by molar-refractivity contribution is -0.118. The summed E-state index contributed by atoms with van der Waals surface area (Å²) in [5.74, 6) is 0.807. The maximum atomic E-state index is 12.0. The van der Waals surface area contributed by atoms with E-state index in [1.54, 1.807) is 12.1 Å². The lowest BCUT2D eigenvalue weighted by Crippen LogP contribution is -2.25. The predicted octanol–water partition coefficient (Wildman–Crippen LogP) is 2.00. The first kappa shape index (κ1) is 15.1. The van der Waals surface area contributed by atoms with Gasteiger partial charge in [-0.15, -0.1) is 0 Å². The Morgan fingerprint density at radius 3 is 3.09 bits per heavy atom. The van der Waals surface area contributed by atoms with Crippen LogP contribution in [-0.2, 0) is 9.59 Å². The predicted molar refractivity (Wildman–Crippen MR) is 84.4 cm³/mol. The lowest BCUT2D eigenvalue weighted by atomic mass is 10.0. The first-order chi connectivity index (χ1) is 10.6. The molecule has 2 aliphatic heterocycles. The minimum Gasteiger partial charge on any atom is -0.482 e. The van der Waals surface area contributed by atoms with Crippen LogP contribution in [0.1, 0.15) is 19.3 Å². The molecule has 2 heterocycles. The normalized spacial score (nSPS) is 20.0. The number of hydrogen-bond donors (Lipinski definition) is 3. The molecule has 1 unspecified atom stereocenters. The first-order valence-corrected chi connectivity index (χ1v) is 7.76. The van der Waals surface area contributed by atoms with Gasteiger partial charge in [-0.05, 0) is 37.9 Å². The quantitative estimate of drug-likeness (QED) is 0.792. The molecule has 0 bridgehead atoms. The van der Waals surface area contributed by atoms with Gasteiger partial charge in [-0.2, -0.15) is 0 Å². The summed E-state index contributed by atoms with van der Waals surface area (Å²) in [7, 11) is 0. The molecule has 22 heavy (non-hydrogen) atoms. The average molecular weight is 324 g/mol. The van der Waals surface area contributed by atoms with E-state index < -0.39 is 0 Å². The second-order valence-electron chi connectivity index (χ2n) is 5.61. The van der Waals surface area contributed by atoms with Gasteiger partial charge in [0.05, 0.1) is 16.4 Å². The number of amides is 2. The summed E-state index contributed by atoms with van der Waals surface area (Å²) in [6.07, 6.45) is 2.46. The van der Waals surface area contributed by atoms with Crippen LogP contribution in [0.5, 0.6) is 5.75 Å². The molecular formula is C15H18ClN3O3. The van der Waals surface area contributed by atoms with Crippen LogP contribution >= 0.6 is 11.6 Å².